The van der Waals surface area contributed by atoms with E-state index in [9.17, 15) is 4.79 Å². The first-order chi connectivity index (χ1) is 13.3. The van der Waals surface area contributed by atoms with Crippen LogP contribution >= 0.6 is 0 Å². The standard InChI is InChI=1S/C21H22N4O2/c26-20(7-6-16-4-2-1-3-5-16)25-13-10-17(15-25)14-19-23-21(27-24-19)18-8-11-22-12-9-18/h1-5,8-9,11-12,17H,6-7,10,13-15H2. The molecule has 4 rings (SSSR count). The molecule has 6 nitrogen and oxygen atoms in total. The second kappa shape index (κ2) is 8.12. The Kier molecular flexibility index (Phi) is 5.23. The Labute approximate surface area is 158 Å². The number of aryl methyl sites for hydroxylation is 1. The quantitative estimate of drug-likeness (QED) is 0.673. The van der Waals surface area contributed by atoms with E-state index in [0.29, 0.717) is 24.1 Å². The van der Waals surface area contributed by atoms with Crippen LogP contribution in [0, 0.1) is 5.92 Å². The average molecular weight is 362 g/mol. The Morgan fingerprint density at radius 3 is 2.78 bits per heavy atom. The van der Waals surface area contributed by atoms with Gasteiger partial charge in [0, 0.05) is 43.9 Å². The SMILES string of the molecule is O=C(CCc1ccccc1)N1CCC(Cc2noc(-c3ccncc3)n2)C1. The predicted octanol–water partition coefficient (Wildman–Crippen LogP) is 3.16. The van der Waals surface area contributed by atoms with Crippen molar-refractivity contribution in [1.82, 2.24) is 20.0 Å². The number of rotatable bonds is 6. The summed E-state index contributed by atoms with van der Waals surface area (Å²) >= 11 is 0. The third kappa shape index (κ3) is 4.39. The lowest BCUT2D eigenvalue weighted by atomic mass is 10.0. The Hall–Kier alpha value is -3.02. The van der Waals surface area contributed by atoms with E-state index in [1.54, 1.807) is 12.4 Å². The van der Waals surface area contributed by atoms with Crippen LogP contribution in [0.15, 0.2) is 59.4 Å². The largest absolute Gasteiger partial charge is 0.342 e. The van der Waals surface area contributed by atoms with Crippen molar-refractivity contribution in [2.75, 3.05) is 13.1 Å². The highest BCUT2D eigenvalue weighted by Gasteiger charge is 2.27. The van der Waals surface area contributed by atoms with Gasteiger partial charge in [0.25, 0.3) is 5.89 Å². The zero-order valence-electron chi connectivity index (χ0n) is 15.1. The molecule has 2 aromatic heterocycles. The summed E-state index contributed by atoms with van der Waals surface area (Å²) < 4.78 is 5.35. The van der Waals surface area contributed by atoms with Crippen LogP contribution in [0.3, 0.4) is 0 Å². The minimum Gasteiger partial charge on any atom is -0.342 e. The molecule has 1 fully saturated rings. The number of nitrogens with zero attached hydrogens (tertiary/aromatic N) is 4. The molecule has 27 heavy (non-hydrogen) atoms. The van der Waals surface area contributed by atoms with E-state index in [1.165, 1.54) is 5.56 Å². The molecule has 0 radical (unpaired) electrons. The summed E-state index contributed by atoms with van der Waals surface area (Å²) in [5, 5.41) is 4.09. The lowest BCUT2D eigenvalue weighted by molar-refractivity contribution is -0.130. The van der Waals surface area contributed by atoms with Crippen molar-refractivity contribution in [1.29, 1.82) is 0 Å². The molecule has 138 valence electrons. The van der Waals surface area contributed by atoms with Crippen molar-refractivity contribution in [3.63, 3.8) is 0 Å². The van der Waals surface area contributed by atoms with Gasteiger partial charge in [0.15, 0.2) is 5.82 Å². The topological polar surface area (TPSA) is 72.1 Å². The first-order valence-electron chi connectivity index (χ1n) is 9.32. The minimum atomic E-state index is 0.229. The van der Waals surface area contributed by atoms with Gasteiger partial charge in [-0.2, -0.15) is 4.98 Å². The molecule has 3 aromatic rings. The molecule has 0 N–H and O–H groups in total. The van der Waals surface area contributed by atoms with Gasteiger partial charge < -0.3 is 9.42 Å². The predicted molar refractivity (Wildman–Crippen MR) is 101 cm³/mol. The molecule has 3 heterocycles. The van der Waals surface area contributed by atoms with E-state index in [2.05, 4.69) is 27.3 Å². The van der Waals surface area contributed by atoms with Gasteiger partial charge in [-0.25, -0.2) is 0 Å². The van der Waals surface area contributed by atoms with Crippen molar-refractivity contribution in [2.24, 2.45) is 5.92 Å². The molecule has 1 saturated heterocycles. The number of hydrogen-bond donors (Lipinski definition) is 0. The van der Waals surface area contributed by atoms with E-state index >= 15 is 0 Å². The van der Waals surface area contributed by atoms with Crippen molar-refractivity contribution in [3.05, 3.63) is 66.2 Å². The third-order valence-electron chi connectivity index (χ3n) is 4.98. The van der Waals surface area contributed by atoms with E-state index in [0.717, 1.165) is 37.9 Å². The smallest absolute Gasteiger partial charge is 0.258 e. The molecule has 1 aliphatic rings. The second-order valence-corrected chi connectivity index (χ2v) is 6.94. The molecule has 0 aliphatic carbocycles. The van der Waals surface area contributed by atoms with Gasteiger partial charge in [-0.1, -0.05) is 35.5 Å². The van der Waals surface area contributed by atoms with Crippen LogP contribution in [-0.2, 0) is 17.6 Å². The fourth-order valence-electron chi connectivity index (χ4n) is 3.49. The van der Waals surface area contributed by atoms with Gasteiger partial charge in [-0.05, 0) is 36.5 Å². The van der Waals surface area contributed by atoms with Crippen LogP contribution in [0.2, 0.25) is 0 Å². The van der Waals surface area contributed by atoms with Gasteiger partial charge in [-0.3, -0.25) is 9.78 Å². The Morgan fingerprint density at radius 1 is 1.15 bits per heavy atom. The van der Waals surface area contributed by atoms with Gasteiger partial charge >= 0.3 is 0 Å². The fraction of sp³-hybridized carbons (Fsp3) is 0.333. The van der Waals surface area contributed by atoms with Crippen LogP contribution < -0.4 is 0 Å². The summed E-state index contributed by atoms with van der Waals surface area (Å²) in [6.45, 7) is 1.58. The molecular formula is C21H22N4O2. The number of likely N-dealkylation sites (tertiary alicyclic amines) is 1. The van der Waals surface area contributed by atoms with Crippen molar-refractivity contribution in [2.45, 2.75) is 25.7 Å². The number of amides is 1. The van der Waals surface area contributed by atoms with Gasteiger partial charge in [0.1, 0.15) is 0 Å². The number of carbonyl (C=O) groups excluding carboxylic acids is 1. The number of benzene rings is 1. The van der Waals surface area contributed by atoms with Crippen molar-refractivity contribution >= 4 is 5.91 Å². The highest BCUT2D eigenvalue weighted by molar-refractivity contribution is 5.76. The zero-order chi connectivity index (χ0) is 18.5. The summed E-state index contributed by atoms with van der Waals surface area (Å²) in [7, 11) is 0. The summed E-state index contributed by atoms with van der Waals surface area (Å²) in [5.74, 6) is 1.83. The molecule has 1 unspecified atom stereocenters. The first-order valence-corrected chi connectivity index (χ1v) is 9.32. The monoisotopic (exact) mass is 362 g/mol. The summed E-state index contributed by atoms with van der Waals surface area (Å²) in [4.78, 5) is 22.9. The van der Waals surface area contributed by atoms with Crippen molar-refractivity contribution in [3.8, 4) is 11.5 Å². The zero-order valence-corrected chi connectivity index (χ0v) is 15.1. The molecule has 0 bridgehead atoms. The van der Waals surface area contributed by atoms with Crippen LogP contribution in [0.25, 0.3) is 11.5 Å². The fourth-order valence-corrected chi connectivity index (χ4v) is 3.49. The lowest BCUT2D eigenvalue weighted by Gasteiger charge is -2.16. The maximum atomic E-state index is 12.5. The molecule has 1 aromatic carbocycles. The Morgan fingerprint density at radius 2 is 1.96 bits per heavy atom. The summed E-state index contributed by atoms with van der Waals surface area (Å²) in [6, 6.07) is 13.8. The van der Waals surface area contributed by atoms with E-state index < -0.39 is 0 Å². The number of carbonyl (C=O) groups is 1. The summed E-state index contributed by atoms with van der Waals surface area (Å²) in [5.41, 5.74) is 2.07. The summed E-state index contributed by atoms with van der Waals surface area (Å²) in [6.07, 6.45) is 6.48. The Bertz CT molecular complexity index is 879. The maximum absolute atomic E-state index is 12.5. The number of pyridine rings is 1. The molecule has 6 heteroatoms. The first kappa shape index (κ1) is 17.4. The molecule has 1 atom stereocenters. The van der Waals surface area contributed by atoms with Crippen LogP contribution in [-0.4, -0.2) is 39.0 Å². The maximum Gasteiger partial charge on any atom is 0.258 e. The average Bonchev–Trinajstić information content (AvgIpc) is 3.38. The normalized spacial score (nSPS) is 16.6. The molecule has 1 amide bonds. The minimum absolute atomic E-state index is 0.229. The molecular weight excluding hydrogens is 340 g/mol. The molecule has 0 spiro atoms. The van der Waals surface area contributed by atoms with Gasteiger partial charge in [0.2, 0.25) is 5.91 Å². The number of aromatic nitrogens is 3. The highest BCUT2D eigenvalue weighted by Crippen LogP contribution is 2.22. The Balaban J connectivity index is 1.28. The number of hydrogen-bond acceptors (Lipinski definition) is 5. The van der Waals surface area contributed by atoms with E-state index in [1.807, 2.05) is 35.2 Å². The van der Waals surface area contributed by atoms with Gasteiger partial charge in [0.05, 0.1) is 0 Å². The van der Waals surface area contributed by atoms with Gasteiger partial charge in [-0.15, -0.1) is 0 Å². The van der Waals surface area contributed by atoms with Crippen LogP contribution in [0.1, 0.15) is 24.2 Å². The third-order valence-corrected chi connectivity index (χ3v) is 4.98. The molecule has 0 saturated carbocycles. The van der Waals surface area contributed by atoms with Crippen molar-refractivity contribution < 1.29 is 9.32 Å². The van der Waals surface area contributed by atoms with Crippen LogP contribution in [0.5, 0.6) is 0 Å². The van der Waals surface area contributed by atoms with E-state index in [4.69, 9.17) is 4.52 Å². The lowest BCUT2D eigenvalue weighted by Crippen LogP contribution is -2.29. The molecule has 1 aliphatic heterocycles. The van der Waals surface area contributed by atoms with Crippen LogP contribution in [0.4, 0.5) is 0 Å². The highest BCUT2D eigenvalue weighted by atomic mass is 16.5. The second-order valence-electron chi connectivity index (χ2n) is 6.94. The van der Waals surface area contributed by atoms with E-state index in [-0.39, 0.29) is 5.91 Å².